The maximum absolute atomic E-state index is 12.7. The van der Waals surface area contributed by atoms with E-state index in [4.69, 9.17) is 8.92 Å². The summed E-state index contributed by atoms with van der Waals surface area (Å²) in [5, 5.41) is 3.96. The van der Waals surface area contributed by atoms with E-state index in [2.05, 4.69) is 49.0 Å². The number of hydrogen-bond acceptors (Lipinski definition) is 6. The molecular formula is C22H18BrIN2O5S. The van der Waals surface area contributed by atoms with Crippen LogP contribution in [-0.2, 0) is 10.1 Å². The lowest BCUT2D eigenvalue weighted by molar-refractivity contribution is 0.0955. The highest BCUT2D eigenvalue weighted by atomic mass is 127. The third-order valence-corrected chi connectivity index (χ3v) is 6.72. The summed E-state index contributed by atoms with van der Waals surface area (Å²) in [4.78, 5) is 12.2. The number of aryl methyl sites for hydroxylation is 1. The van der Waals surface area contributed by atoms with Crippen molar-refractivity contribution in [3.63, 3.8) is 0 Å². The number of ether oxygens (including phenoxy) is 1. The lowest BCUT2D eigenvalue weighted by atomic mass is 10.2. The number of carbonyl (C=O) groups is 1. The number of methoxy groups -OCH3 is 1. The zero-order valence-electron chi connectivity index (χ0n) is 17.0. The van der Waals surface area contributed by atoms with Crippen LogP contribution in [0.25, 0.3) is 0 Å². The van der Waals surface area contributed by atoms with Crippen LogP contribution in [-0.4, -0.2) is 27.6 Å². The molecule has 10 heteroatoms. The molecule has 3 rings (SSSR count). The molecule has 32 heavy (non-hydrogen) atoms. The third-order valence-electron chi connectivity index (χ3n) is 4.22. The second-order valence-electron chi connectivity index (χ2n) is 6.59. The molecule has 3 aromatic carbocycles. The predicted octanol–water partition coefficient (Wildman–Crippen LogP) is 4.90. The quantitative estimate of drug-likeness (QED) is 0.174. The van der Waals surface area contributed by atoms with Gasteiger partial charge in [-0.05, 0) is 93.5 Å². The van der Waals surface area contributed by atoms with Crippen molar-refractivity contribution < 1.29 is 22.1 Å². The summed E-state index contributed by atoms with van der Waals surface area (Å²) in [5.74, 6) is -0.163. The van der Waals surface area contributed by atoms with E-state index in [-0.39, 0.29) is 22.3 Å². The fourth-order valence-corrected chi connectivity index (χ4v) is 4.77. The van der Waals surface area contributed by atoms with E-state index >= 15 is 0 Å². The van der Waals surface area contributed by atoms with Crippen molar-refractivity contribution in [1.82, 2.24) is 5.43 Å². The largest absolute Gasteiger partial charge is 0.493 e. The van der Waals surface area contributed by atoms with Gasteiger partial charge in [0.15, 0.2) is 11.5 Å². The molecule has 1 N–H and O–H groups in total. The van der Waals surface area contributed by atoms with Gasteiger partial charge in [-0.3, -0.25) is 4.79 Å². The van der Waals surface area contributed by atoms with Gasteiger partial charge in [0, 0.05) is 9.13 Å². The maximum Gasteiger partial charge on any atom is 0.339 e. The summed E-state index contributed by atoms with van der Waals surface area (Å²) in [5.41, 5.74) is 4.42. The normalized spacial score (nSPS) is 11.4. The minimum Gasteiger partial charge on any atom is -0.493 e. The van der Waals surface area contributed by atoms with Crippen molar-refractivity contribution >= 4 is 60.8 Å². The second-order valence-corrected chi connectivity index (χ2v) is 10.2. The van der Waals surface area contributed by atoms with E-state index in [9.17, 15) is 13.2 Å². The Morgan fingerprint density at radius 1 is 1.12 bits per heavy atom. The van der Waals surface area contributed by atoms with E-state index in [1.54, 1.807) is 42.5 Å². The average molecular weight is 629 g/mol. The lowest BCUT2D eigenvalue weighted by Gasteiger charge is -2.13. The Morgan fingerprint density at radius 2 is 1.84 bits per heavy atom. The molecule has 1 amide bonds. The van der Waals surface area contributed by atoms with Gasteiger partial charge < -0.3 is 8.92 Å². The number of hydrogen-bond donors (Lipinski definition) is 1. The Hall–Kier alpha value is -2.44. The molecule has 0 atom stereocenters. The first-order valence-corrected chi connectivity index (χ1v) is 12.5. The minimum atomic E-state index is -4.06. The Bertz CT molecular complexity index is 1280. The molecule has 0 saturated heterocycles. The Kier molecular flexibility index (Phi) is 7.91. The van der Waals surface area contributed by atoms with E-state index in [1.807, 2.05) is 13.0 Å². The first-order chi connectivity index (χ1) is 15.2. The van der Waals surface area contributed by atoms with Crippen LogP contribution in [0.3, 0.4) is 0 Å². The molecule has 7 nitrogen and oxygen atoms in total. The van der Waals surface area contributed by atoms with Crippen molar-refractivity contribution in [2.24, 2.45) is 5.10 Å². The Balaban J connectivity index is 1.79. The molecule has 0 spiro atoms. The number of rotatable bonds is 7. The van der Waals surface area contributed by atoms with Crippen LogP contribution in [0.2, 0.25) is 0 Å². The lowest BCUT2D eigenvalue weighted by Crippen LogP contribution is -2.17. The van der Waals surface area contributed by atoms with E-state index in [0.29, 0.717) is 15.6 Å². The van der Waals surface area contributed by atoms with Crippen LogP contribution in [0.4, 0.5) is 0 Å². The summed E-state index contributed by atoms with van der Waals surface area (Å²) in [6.45, 7) is 1.86. The standard InChI is InChI=1S/C22H18BrIN2O5S/c1-14-6-8-18(9-7-14)32(28,29)31-21-19(23)10-15(11-20(21)30-2)13-25-26-22(27)16-4-3-5-17(24)12-16/h3-13H,1-2H3,(H,26,27)/b25-13-. The van der Waals surface area contributed by atoms with Crippen molar-refractivity contribution in [1.29, 1.82) is 0 Å². The zero-order chi connectivity index (χ0) is 23.3. The predicted molar refractivity (Wildman–Crippen MR) is 134 cm³/mol. The monoisotopic (exact) mass is 628 g/mol. The molecule has 0 aromatic heterocycles. The van der Waals surface area contributed by atoms with E-state index < -0.39 is 10.1 Å². The van der Waals surface area contributed by atoms with Gasteiger partial charge in [0.25, 0.3) is 5.91 Å². The van der Waals surface area contributed by atoms with Crippen LogP contribution in [0.5, 0.6) is 11.5 Å². The fraction of sp³-hybridized carbons (Fsp3) is 0.0909. The topological polar surface area (TPSA) is 94.1 Å². The zero-order valence-corrected chi connectivity index (χ0v) is 21.6. The molecule has 3 aromatic rings. The van der Waals surface area contributed by atoms with Gasteiger partial charge in [-0.1, -0.05) is 23.8 Å². The average Bonchev–Trinajstić information content (AvgIpc) is 2.75. The van der Waals surface area contributed by atoms with Gasteiger partial charge >= 0.3 is 10.1 Å². The SMILES string of the molecule is COc1cc(/C=N\NC(=O)c2cccc(I)c2)cc(Br)c1OS(=O)(=O)c1ccc(C)cc1. The molecule has 0 unspecified atom stereocenters. The molecule has 166 valence electrons. The Labute approximate surface area is 208 Å². The molecular weight excluding hydrogens is 611 g/mol. The number of halogens is 2. The molecule has 0 saturated carbocycles. The van der Waals surface area contributed by atoms with Gasteiger partial charge in [0.05, 0.1) is 17.8 Å². The second kappa shape index (κ2) is 10.5. The van der Waals surface area contributed by atoms with Crippen molar-refractivity contribution in [3.8, 4) is 11.5 Å². The molecule has 0 bridgehead atoms. The number of hydrazone groups is 1. The molecule has 0 fully saturated rings. The van der Waals surface area contributed by atoms with Gasteiger partial charge in [-0.25, -0.2) is 5.43 Å². The molecule has 0 aliphatic rings. The summed E-state index contributed by atoms with van der Waals surface area (Å²) in [6.07, 6.45) is 1.41. The summed E-state index contributed by atoms with van der Waals surface area (Å²) < 4.78 is 37.2. The van der Waals surface area contributed by atoms with Crippen LogP contribution in [0, 0.1) is 10.5 Å². The number of nitrogens with one attached hydrogen (secondary N) is 1. The highest BCUT2D eigenvalue weighted by Crippen LogP contribution is 2.38. The van der Waals surface area contributed by atoms with Gasteiger partial charge in [0.1, 0.15) is 4.90 Å². The van der Waals surface area contributed by atoms with Crippen molar-refractivity contribution in [2.45, 2.75) is 11.8 Å². The van der Waals surface area contributed by atoms with Gasteiger partial charge in [-0.15, -0.1) is 0 Å². The van der Waals surface area contributed by atoms with Crippen LogP contribution in [0.1, 0.15) is 21.5 Å². The summed E-state index contributed by atoms with van der Waals surface area (Å²) in [7, 11) is -2.67. The first kappa shape index (κ1) is 24.2. The maximum atomic E-state index is 12.7. The summed E-state index contributed by atoms with van der Waals surface area (Å²) in [6, 6.07) is 16.6. The third kappa shape index (κ3) is 6.08. The molecule has 0 aliphatic heterocycles. The highest BCUT2D eigenvalue weighted by Gasteiger charge is 2.22. The van der Waals surface area contributed by atoms with Crippen LogP contribution < -0.4 is 14.3 Å². The number of nitrogens with zero attached hydrogens (tertiary/aromatic N) is 1. The number of benzene rings is 3. The fourth-order valence-electron chi connectivity index (χ4n) is 2.62. The Morgan fingerprint density at radius 3 is 2.50 bits per heavy atom. The number of carbonyl (C=O) groups excluding carboxylic acids is 1. The molecule has 0 heterocycles. The smallest absolute Gasteiger partial charge is 0.339 e. The van der Waals surface area contributed by atoms with Crippen LogP contribution >= 0.6 is 38.5 Å². The van der Waals surface area contributed by atoms with Crippen molar-refractivity contribution in [3.05, 3.63) is 85.4 Å². The minimum absolute atomic E-state index is 0.00752. The van der Waals surface area contributed by atoms with Gasteiger partial charge in [0.2, 0.25) is 0 Å². The molecule has 0 radical (unpaired) electrons. The van der Waals surface area contributed by atoms with Crippen molar-refractivity contribution in [2.75, 3.05) is 7.11 Å². The molecule has 0 aliphatic carbocycles. The van der Waals surface area contributed by atoms with Crippen LogP contribution in [0.15, 0.2) is 75.1 Å². The van der Waals surface area contributed by atoms with Gasteiger partial charge in [-0.2, -0.15) is 13.5 Å². The van der Waals surface area contributed by atoms with E-state index in [0.717, 1.165) is 9.13 Å². The first-order valence-electron chi connectivity index (χ1n) is 9.17. The highest BCUT2D eigenvalue weighted by molar-refractivity contribution is 14.1. The summed E-state index contributed by atoms with van der Waals surface area (Å²) >= 11 is 5.44. The van der Waals surface area contributed by atoms with E-state index in [1.165, 1.54) is 25.5 Å². The number of amides is 1.